The molecule has 0 bridgehead atoms. The van der Waals surface area contributed by atoms with Gasteiger partial charge in [-0.3, -0.25) is 0 Å². The summed E-state index contributed by atoms with van der Waals surface area (Å²) in [5.74, 6) is 0.995. The number of halogens is 1. The molecule has 0 aliphatic carbocycles. The second-order valence-corrected chi connectivity index (χ2v) is 5.95. The van der Waals surface area contributed by atoms with E-state index in [2.05, 4.69) is 5.32 Å². The molecule has 1 unspecified atom stereocenters. The summed E-state index contributed by atoms with van der Waals surface area (Å²) in [5.41, 5.74) is 2.41. The van der Waals surface area contributed by atoms with Gasteiger partial charge in [-0.05, 0) is 36.1 Å². The lowest BCUT2D eigenvalue weighted by Gasteiger charge is -2.25. The smallest absolute Gasteiger partial charge is 0.405 e. The van der Waals surface area contributed by atoms with Crippen molar-refractivity contribution in [3.05, 3.63) is 58.9 Å². The van der Waals surface area contributed by atoms with Crippen LogP contribution < -0.4 is 14.8 Å². The van der Waals surface area contributed by atoms with Gasteiger partial charge in [0.25, 0.3) is 0 Å². The molecule has 5 nitrogen and oxygen atoms in total. The molecule has 0 saturated heterocycles. The van der Waals surface area contributed by atoms with Crippen molar-refractivity contribution >= 4 is 6.09 Å². The topological polar surface area (TPSA) is 67.8 Å². The zero-order valence-corrected chi connectivity index (χ0v) is 13.9. The van der Waals surface area contributed by atoms with Crippen molar-refractivity contribution in [3.8, 4) is 11.5 Å². The number of amides is 1. The maximum atomic E-state index is 14.0. The summed E-state index contributed by atoms with van der Waals surface area (Å²) in [7, 11) is 0. The Morgan fingerprint density at radius 3 is 3.00 bits per heavy atom. The predicted octanol–water partition coefficient (Wildman–Crippen LogP) is 3.54. The van der Waals surface area contributed by atoms with Crippen molar-refractivity contribution in [1.82, 2.24) is 5.32 Å². The molecule has 0 radical (unpaired) electrons. The molecule has 25 heavy (non-hydrogen) atoms. The van der Waals surface area contributed by atoms with Gasteiger partial charge in [-0.2, -0.15) is 0 Å². The summed E-state index contributed by atoms with van der Waals surface area (Å²) in [6.45, 7) is 2.40. The van der Waals surface area contributed by atoms with Gasteiger partial charge in [-0.1, -0.05) is 25.1 Å². The third-order valence-corrected chi connectivity index (χ3v) is 4.25. The number of nitrogens with one attached hydrogen (secondary N) is 1. The molecule has 2 aromatic carbocycles. The molecule has 3 rings (SSSR count). The molecule has 1 atom stereocenters. The van der Waals surface area contributed by atoms with Crippen LogP contribution in [0.4, 0.5) is 9.18 Å². The number of fused-ring (bicyclic) bond motifs is 1. The summed E-state index contributed by atoms with van der Waals surface area (Å²) in [5, 5.41) is 11.2. The van der Waals surface area contributed by atoms with E-state index in [0.29, 0.717) is 23.5 Å². The lowest BCUT2D eigenvalue weighted by atomic mass is 10.0. The van der Waals surface area contributed by atoms with Gasteiger partial charge >= 0.3 is 6.09 Å². The lowest BCUT2D eigenvalue weighted by molar-refractivity contribution is 0.176. The van der Waals surface area contributed by atoms with E-state index in [0.717, 1.165) is 17.5 Å². The quantitative estimate of drug-likeness (QED) is 0.870. The van der Waals surface area contributed by atoms with Crippen molar-refractivity contribution in [1.29, 1.82) is 0 Å². The molecule has 1 amide bonds. The first-order valence-corrected chi connectivity index (χ1v) is 8.21. The summed E-state index contributed by atoms with van der Waals surface area (Å²) < 4.78 is 25.4. The number of ether oxygens (including phenoxy) is 2. The van der Waals surface area contributed by atoms with Gasteiger partial charge in [0.2, 0.25) is 0 Å². The Bertz CT molecular complexity index is 778. The van der Waals surface area contributed by atoms with E-state index in [4.69, 9.17) is 14.6 Å². The zero-order chi connectivity index (χ0) is 17.8. The fourth-order valence-corrected chi connectivity index (χ4v) is 2.96. The Labute approximate surface area is 145 Å². The molecule has 0 spiro atoms. The van der Waals surface area contributed by atoms with Gasteiger partial charge in [0, 0.05) is 11.6 Å². The average Bonchev–Trinajstić information content (AvgIpc) is 2.60. The van der Waals surface area contributed by atoms with Crippen LogP contribution >= 0.6 is 0 Å². The molecule has 2 aromatic rings. The molecule has 1 aliphatic heterocycles. The lowest BCUT2D eigenvalue weighted by Crippen LogP contribution is -2.41. The zero-order valence-electron chi connectivity index (χ0n) is 13.9. The molecular weight excluding hydrogens is 325 g/mol. The molecular formula is C19H20FNO4. The summed E-state index contributed by atoms with van der Waals surface area (Å²) in [4.78, 5) is 10.7. The summed E-state index contributed by atoms with van der Waals surface area (Å²) >= 11 is 0. The van der Waals surface area contributed by atoms with Crippen molar-refractivity contribution in [3.63, 3.8) is 0 Å². The Morgan fingerprint density at radius 1 is 1.40 bits per heavy atom. The third kappa shape index (κ3) is 4.02. The van der Waals surface area contributed by atoms with Gasteiger partial charge in [-0.25, -0.2) is 9.18 Å². The molecule has 132 valence electrons. The predicted molar refractivity (Wildman–Crippen MR) is 90.7 cm³/mol. The van der Waals surface area contributed by atoms with E-state index in [-0.39, 0.29) is 25.1 Å². The first-order chi connectivity index (χ1) is 12.1. The van der Waals surface area contributed by atoms with Crippen LogP contribution in [0, 0.1) is 5.82 Å². The van der Waals surface area contributed by atoms with Crippen molar-refractivity contribution in [2.24, 2.45) is 0 Å². The van der Waals surface area contributed by atoms with Crippen LogP contribution in [0.25, 0.3) is 0 Å². The van der Waals surface area contributed by atoms with Gasteiger partial charge in [0.15, 0.2) is 0 Å². The van der Waals surface area contributed by atoms with Crippen LogP contribution in [0.5, 0.6) is 11.5 Å². The van der Waals surface area contributed by atoms with Crippen LogP contribution in [0.1, 0.15) is 23.6 Å². The Hall–Kier alpha value is -2.76. The monoisotopic (exact) mass is 345 g/mol. The third-order valence-electron chi connectivity index (χ3n) is 4.25. The van der Waals surface area contributed by atoms with Crippen LogP contribution in [-0.4, -0.2) is 23.8 Å². The van der Waals surface area contributed by atoms with E-state index >= 15 is 0 Å². The van der Waals surface area contributed by atoms with Crippen molar-refractivity contribution in [2.75, 3.05) is 6.61 Å². The average molecular weight is 345 g/mol. The van der Waals surface area contributed by atoms with Crippen molar-refractivity contribution in [2.45, 2.75) is 32.4 Å². The molecule has 0 aromatic heterocycles. The fraction of sp³-hybridized carbons (Fsp3) is 0.316. The van der Waals surface area contributed by atoms with Gasteiger partial charge in [-0.15, -0.1) is 0 Å². The largest absolute Gasteiger partial charge is 0.491 e. The van der Waals surface area contributed by atoms with E-state index in [9.17, 15) is 9.18 Å². The van der Waals surface area contributed by atoms with Crippen LogP contribution in [0.3, 0.4) is 0 Å². The Balaban J connectivity index is 1.69. The van der Waals surface area contributed by atoms with Gasteiger partial charge in [0.1, 0.15) is 30.5 Å². The van der Waals surface area contributed by atoms with Gasteiger partial charge in [0.05, 0.1) is 6.04 Å². The minimum absolute atomic E-state index is 0.151. The Morgan fingerprint density at radius 2 is 2.24 bits per heavy atom. The minimum atomic E-state index is -1.06. The molecule has 6 heteroatoms. The number of hydrogen-bond acceptors (Lipinski definition) is 3. The van der Waals surface area contributed by atoms with Crippen LogP contribution in [0.2, 0.25) is 0 Å². The molecule has 2 N–H and O–H groups in total. The highest BCUT2D eigenvalue weighted by Crippen LogP contribution is 2.30. The number of rotatable bonds is 5. The number of aryl methyl sites for hydroxylation is 1. The fourth-order valence-electron chi connectivity index (χ4n) is 2.96. The second-order valence-electron chi connectivity index (χ2n) is 5.95. The maximum Gasteiger partial charge on any atom is 0.405 e. The summed E-state index contributed by atoms with van der Waals surface area (Å²) in [6, 6.07) is 10.2. The molecule has 0 saturated carbocycles. The highest BCUT2D eigenvalue weighted by atomic mass is 19.1. The standard InChI is InChI=1S/C19H20FNO4/c1-2-12-4-3-5-17(20)16(12)11-24-15-7-6-13-8-14(21-19(22)23)10-25-18(13)9-15/h3-7,9,14,21H,2,8,10-11H2,1H3,(H,22,23). The second kappa shape index (κ2) is 7.42. The normalized spacial score (nSPS) is 15.8. The molecule has 1 aliphatic rings. The van der Waals surface area contributed by atoms with E-state index in [1.807, 2.05) is 19.1 Å². The first kappa shape index (κ1) is 17.1. The number of hydrogen-bond donors (Lipinski definition) is 2. The first-order valence-electron chi connectivity index (χ1n) is 8.21. The number of benzene rings is 2. The SMILES string of the molecule is CCc1cccc(F)c1COc1ccc2c(c1)OCC(NC(=O)O)C2. The molecule has 0 fully saturated rings. The minimum Gasteiger partial charge on any atom is -0.491 e. The maximum absolute atomic E-state index is 14.0. The molecule has 1 heterocycles. The van der Waals surface area contributed by atoms with E-state index in [1.54, 1.807) is 18.2 Å². The van der Waals surface area contributed by atoms with E-state index < -0.39 is 6.09 Å². The number of carboxylic acid groups (broad SMARTS) is 1. The van der Waals surface area contributed by atoms with Gasteiger partial charge < -0.3 is 19.9 Å². The summed E-state index contributed by atoms with van der Waals surface area (Å²) in [6.07, 6.45) is 0.241. The van der Waals surface area contributed by atoms with Crippen LogP contribution in [0.15, 0.2) is 36.4 Å². The van der Waals surface area contributed by atoms with E-state index in [1.165, 1.54) is 6.07 Å². The van der Waals surface area contributed by atoms with Crippen LogP contribution in [-0.2, 0) is 19.4 Å². The highest BCUT2D eigenvalue weighted by Gasteiger charge is 2.21. The van der Waals surface area contributed by atoms with Crippen molar-refractivity contribution < 1.29 is 23.8 Å². The Kier molecular flexibility index (Phi) is 5.07. The highest BCUT2D eigenvalue weighted by molar-refractivity contribution is 5.65. The number of carbonyl (C=O) groups is 1.